The highest BCUT2D eigenvalue weighted by atomic mass is 79.9. The molecule has 0 aliphatic rings. The van der Waals surface area contributed by atoms with Crippen molar-refractivity contribution in [1.29, 1.82) is 0 Å². The van der Waals surface area contributed by atoms with Crippen molar-refractivity contribution in [2.75, 3.05) is 17.2 Å². The molecular formula is C12H12BrCl2N5. The zero-order valence-electron chi connectivity index (χ0n) is 10.6. The maximum Gasteiger partial charge on any atom is 0.233 e. The molecule has 0 saturated carbocycles. The Hall–Kier alpha value is -1.11. The number of nitrogens with zero attached hydrogens (tertiary/aromatic N) is 3. The molecule has 0 aliphatic carbocycles. The van der Waals surface area contributed by atoms with Crippen molar-refractivity contribution in [1.82, 2.24) is 15.0 Å². The molecule has 5 nitrogen and oxygen atoms in total. The van der Waals surface area contributed by atoms with E-state index in [0.29, 0.717) is 16.9 Å². The number of halogens is 3. The van der Waals surface area contributed by atoms with Gasteiger partial charge in [0.15, 0.2) is 0 Å². The van der Waals surface area contributed by atoms with Gasteiger partial charge in [-0.15, -0.1) is 0 Å². The smallest absolute Gasteiger partial charge is 0.233 e. The molecule has 106 valence electrons. The van der Waals surface area contributed by atoms with Crippen molar-refractivity contribution >= 4 is 56.7 Å². The Bertz CT molecular complexity index is 608. The summed E-state index contributed by atoms with van der Waals surface area (Å²) in [7, 11) is 0. The lowest BCUT2D eigenvalue weighted by atomic mass is 10.3. The van der Waals surface area contributed by atoms with Gasteiger partial charge in [0, 0.05) is 16.0 Å². The summed E-state index contributed by atoms with van der Waals surface area (Å²) < 4.78 is 0.810. The van der Waals surface area contributed by atoms with Crippen LogP contribution < -0.4 is 10.6 Å². The third-order valence-corrected chi connectivity index (χ3v) is 3.38. The molecule has 1 aromatic carbocycles. The van der Waals surface area contributed by atoms with E-state index in [1.807, 2.05) is 6.07 Å². The third-order valence-electron chi connectivity index (χ3n) is 2.32. The first-order valence-electron chi connectivity index (χ1n) is 5.96. The zero-order valence-corrected chi connectivity index (χ0v) is 13.7. The molecule has 1 heterocycles. The Balaban J connectivity index is 2.21. The molecule has 2 rings (SSSR count). The number of rotatable bonds is 5. The van der Waals surface area contributed by atoms with Gasteiger partial charge in [-0.05, 0) is 52.2 Å². The van der Waals surface area contributed by atoms with Crippen molar-refractivity contribution in [3.63, 3.8) is 0 Å². The van der Waals surface area contributed by atoms with Gasteiger partial charge in [-0.3, -0.25) is 0 Å². The van der Waals surface area contributed by atoms with Crippen molar-refractivity contribution in [2.45, 2.75) is 13.3 Å². The molecule has 1 aromatic heterocycles. The molecule has 2 N–H and O–H groups in total. The number of hydrogen-bond donors (Lipinski definition) is 2. The Morgan fingerprint density at radius 2 is 1.90 bits per heavy atom. The Labute approximate surface area is 135 Å². The second kappa shape index (κ2) is 7.06. The van der Waals surface area contributed by atoms with Gasteiger partial charge < -0.3 is 10.6 Å². The third kappa shape index (κ3) is 4.19. The van der Waals surface area contributed by atoms with Crippen molar-refractivity contribution in [3.8, 4) is 0 Å². The number of anilines is 3. The zero-order chi connectivity index (χ0) is 14.5. The SMILES string of the molecule is CCCNc1nc(Cl)nc(Nc2ccc(Cl)cc2Br)n1. The normalized spacial score (nSPS) is 10.4. The fourth-order valence-corrected chi connectivity index (χ4v) is 2.38. The summed E-state index contributed by atoms with van der Waals surface area (Å²) in [6, 6.07) is 5.37. The van der Waals surface area contributed by atoms with Crippen molar-refractivity contribution < 1.29 is 0 Å². The van der Waals surface area contributed by atoms with E-state index in [0.717, 1.165) is 23.1 Å². The summed E-state index contributed by atoms with van der Waals surface area (Å²) in [4.78, 5) is 12.3. The largest absolute Gasteiger partial charge is 0.354 e. The minimum Gasteiger partial charge on any atom is -0.354 e. The molecular weight excluding hydrogens is 365 g/mol. The molecule has 0 spiro atoms. The summed E-state index contributed by atoms with van der Waals surface area (Å²) in [5.74, 6) is 0.811. The Morgan fingerprint density at radius 1 is 1.15 bits per heavy atom. The maximum absolute atomic E-state index is 5.90. The minimum atomic E-state index is 0.131. The predicted octanol–water partition coefficient (Wildman–Crippen LogP) is 4.51. The van der Waals surface area contributed by atoms with E-state index < -0.39 is 0 Å². The second-order valence-corrected chi connectivity index (χ2v) is 5.56. The fourth-order valence-electron chi connectivity index (χ4n) is 1.43. The van der Waals surface area contributed by atoms with Gasteiger partial charge in [0.2, 0.25) is 17.2 Å². The van der Waals surface area contributed by atoms with Crippen LogP contribution in [-0.4, -0.2) is 21.5 Å². The molecule has 20 heavy (non-hydrogen) atoms. The molecule has 2 aromatic rings. The van der Waals surface area contributed by atoms with Crippen LogP contribution in [0.2, 0.25) is 10.3 Å². The quantitative estimate of drug-likeness (QED) is 0.803. The van der Waals surface area contributed by atoms with E-state index in [1.165, 1.54) is 0 Å². The van der Waals surface area contributed by atoms with Crippen LogP contribution in [0.15, 0.2) is 22.7 Å². The molecule has 0 atom stereocenters. The first kappa shape index (κ1) is 15.3. The number of benzene rings is 1. The summed E-state index contributed by atoms with van der Waals surface area (Å²) in [5.41, 5.74) is 0.790. The van der Waals surface area contributed by atoms with Gasteiger partial charge in [0.1, 0.15) is 0 Å². The van der Waals surface area contributed by atoms with Gasteiger partial charge >= 0.3 is 0 Å². The van der Waals surface area contributed by atoms with Gasteiger partial charge in [-0.2, -0.15) is 15.0 Å². The first-order chi connectivity index (χ1) is 9.58. The standard InChI is InChI=1S/C12H12BrCl2N5/c1-2-5-16-11-18-10(15)19-12(20-11)17-9-4-3-7(14)6-8(9)13/h3-4,6H,2,5H2,1H3,(H2,16,17,18,19,20). The van der Waals surface area contributed by atoms with Crippen molar-refractivity contribution in [3.05, 3.63) is 33.0 Å². The maximum atomic E-state index is 5.90. The number of hydrogen-bond acceptors (Lipinski definition) is 5. The second-order valence-electron chi connectivity index (χ2n) is 3.93. The van der Waals surface area contributed by atoms with Crippen LogP contribution in [0.5, 0.6) is 0 Å². The van der Waals surface area contributed by atoms with Crippen LogP contribution in [0, 0.1) is 0 Å². The summed E-state index contributed by atoms with van der Waals surface area (Å²) in [5, 5.41) is 6.90. The van der Waals surface area contributed by atoms with Gasteiger partial charge in [-0.1, -0.05) is 18.5 Å². The predicted molar refractivity (Wildman–Crippen MR) is 86.1 cm³/mol. The van der Waals surface area contributed by atoms with E-state index in [-0.39, 0.29) is 5.28 Å². The van der Waals surface area contributed by atoms with E-state index in [1.54, 1.807) is 12.1 Å². The van der Waals surface area contributed by atoms with E-state index in [2.05, 4.69) is 48.4 Å². The molecule has 0 radical (unpaired) electrons. The Morgan fingerprint density at radius 3 is 2.60 bits per heavy atom. The fraction of sp³-hybridized carbons (Fsp3) is 0.250. The highest BCUT2D eigenvalue weighted by Gasteiger charge is 2.07. The summed E-state index contributed by atoms with van der Waals surface area (Å²) >= 11 is 15.2. The lowest BCUT2D eigenvalue weighted by molar-refractivity contribution is 0.940. The minimum absolute atomic E-state index is 0.131. The van der Waals surface area contributed by atoms with Crippen LogP contribution >= 0.6 is 39.1 Å². The van der Waals surface area contributed by atoms with Crippen LogP contribution in [0.1, 0.15) is 13.3 Å². The van der Waals surface area contributed by atoms with E-state index in [4.69, 9.17) is 23.2 Å². The first-order valence-corrected chi connectivity index (χ1v) is 7.51. The van der Waals surface area contributed by atoms with Crippen LogP contribution in [-0.2, 0) is 0 Å². The monoisotopic (exact) mass is 375 g/mol. The highest BCUT2D eigenvalue weighted by molar-refractivity contribution is 9.10. The van der Waals surface area contributed by atoms with Gasteiger partial charge in [-0.25, -0.2) is 0 Å². The lowest BCUT2D eigenvalue weighted by Crippen LogP contribution is -2.08. The molecule has 0 saturated heterocycles. The van der Waals surface area contributed by atoms with Gasteiger partial charge in [0.25, 0.3) is 0 Å². The van der Waals surface area contributed by atoms with Crippen molar-refractivity contribution in [2.24, 2.45) is 0 Å². The van der Waals surface area contributed by atoms with Crippen LogP contribution in [0.4, 0.5) is 17.6 Å². The topological polar surface area (TPSA) is 62.7 Å². The highest BCUT2D eigenvalue weighted by Crippen LogP contribution is 2.28. The molecule has 0 bridgehead atoms. The van der Waals surface area contributed by atoms with Crippen LogP contribution in [0.25, 0.3) is 0 Å². The average Bonchev–Trinajstić information content (AvgIpc) is 2.39. The van der Waals surface area contributed by atoms with Gasteiger partial charge in [0.05, 0.1) is 5.69 Å². The molecule has 0 unspecified atom stereocenters. The molecule has 8 heteroatoms. The van der Waals surface area contributed by atoms with Crippen LogP contribution in [0.3, 0.4) is 0 Å². The van der Waals surface area contributed by atoms with E-state index in [9.17, 15) is 0 Å². The average molecular weight is 377 g/mol. The lowest BCUT2D eigenvalue weighted by Gasteiger charge is -2.09. The van der Waals surface area contributed by atoms with E-state index >= 15 is 0 Å². The number of nitrogens with one attached hydrogen (secondary N) is 2. The molecule has 0 aliphatic heterocycles. The number of aromatic nitrogens is 3. The summed E-state index contributed by atoms with van der Waals surface area (Å²) in [6.07, 6.45) is 0.967. The summed E-state index contributed by atoms with van der Waals surface area (Å²) in [6.45, 7) is 2.82. The molecule has 0 amide bonds. The molecule has 0 fully saturated rings. The Kier molecular flexibility index (Phi) is 5.39.